The number of amides is 2. The second-order valence-corrected chi connectivity index (χ2v) is 11.4. The number of carbonyl (C=O) groups excluding carboxylic acids is 2. The van der Waals surface area contributed by atoms with Gasteiger partial charge in [-0.3, -0.25) is 14.8 Å². The number of halogens is 1. The number of carbonyl (C=O) groups is 2. The minimum absolute atomic E-state index is 0.159. The Morgan fingerprint density at radius 1 is 0.971 bits per heavy atom. The predicted octanol–water partition coefficient (Wildman–Crippen LogP) is 2.35. The van der Waals surface area contributed by atoms with Gasteiger partial charge in [0.1, 0.15) is 11.1 Å². The second-order valence-electron chi connectivity index (χ2n) is 7.51. The van der Waals surface area contributed by atoms with Crippen LogP contribution in [0.3, 0.4) is 0 Å². The molecule has 0 saturated carbocycles. The molecule has 1 heterocycles. The second kappa shape index (κ2) is 9.40. The number of fused-ring (bicyclic) bond motifs is 1. The lowest BCUT2D eigenvalue weighted by Gasteiger charge is -2.26. The van der Waals surface area contributed by atoms with Crippen molar-refractivity contribution < 1.29 is 31.6 Å². The Kier molecular flexibility index (Phi) is 6.66. The van der Waals surface area contributed by atoms with Gasteiger partial charge in [0.2, 0.25) is 15.9 Å². The summed E-state index contributed by atoms with van der Waals surface area (Å²) in [5.74, 6) is -2.10. The first-order valence-electron chi connectivity index (χ1n) is 10.0. The standard InChI is InChI=1S/C22H18ClN3O7S2/c23-16-9-5-14(6-10-16)15-7-11-17(12-8-15)34(30,31)25-20(13-21(27)24-29)26-22(28)18-3-1-2-4-19(18)35(26,32)33/h1-12,20,25,29H,13H2,(H,24,27). The van der Waals surface area contributed by atoms with Gasteiger partial charge in [-0.25, -0.2) is 26.6 Å². The van der Waals surface area contributed by atoms with E-state index in [1.54, 1.807) is 36.4 Å². The molecule has 1 aliphatic heterocycles. The Bertz CT molecular complexity index is 1510. The Morgan fingerprint density at radius 3 is 2.11 bits per heavy atom. The van der Waals surface area contributed by atoms with E-state index in [4.69, 9.17) is 16.8 Å². The van der Waals surface area contributed by atoms with Crippen LogP contribution in [0.5, 0.6) is 0 Å². The number of hydroxylamine groups is 1. The van der Waals surface area contributed by atoms with E-state index in [1.165, 1.54) is 41.9 Å². The zero-order valence-corrected chi connectivity index (χ0v) is 20.1. The van der Waals surface area contributed by atoms with E-state index in [1.807, 2.05) is 0 Å². The van der Waals surface area contributed by atoms with Crippen molar-refractivity contribution in [1.29, 1.82) is 0 Å². The van der Waals surface area contributed by atoms with Gasteiger partial charge in [0, 0.05) is 5.02 Å². The van der Waals surface area contributed by atoms with Crippen LogP contribution in [-0.2, 0) is 24.8 Å². The fraction of sp³-hybridized carbons (Fsp3) is 0.0909. The van der Waals surface area contributed by atoms with Crippen molar-refractivity contribution in [3.63, 3.8) is 0 Å². The number of benzene rings is 3. The van der Waals surface area contributed by atoms with Crippen LogP contribution in [0.1, 0.15) is 16.8 Å². The Morgan fingerprint density at radius 2 is 1.54 bits per heavy atom. The van der Waals surface area contributed by atoms with Crippen molar-refractivity contribution in [3.05, 3.63) is 83.4 Å². The summed E-state index contributed by atoms with van der Waals surface area (Å²) in [4.78, 5) is 24.2. The zero-order valence-electron chi connectivity index (χ0n) is 17.8. The van der Waals surface area contributed by atoms with Gasteiger partial charge in [-0.15, -0.1) is 0 Å². The van der Waals surface area contributed by atoms with Crippen LogP contribution < -0.4 is 10.2 Å². The molecule has 3 aromatic rings. The summed E-state index contributed by atoms with van der Waals surface area (Å²) >= 11 is 5.89. The van der Waals surface area contributed by atoms with E-state index >= 15 is 0 Å². The normalized spacial score (nSPS) is 15.5. The summed E-state index contributed by atoms with van der Waals surface area (Å²) in [5, 5.41) is 9.47. The molecule has 0 saturated heterocycles. The summed E-state index contributed by atoms with van der Waals surface area (Å²) in [7, 11) is -8.87. The SMILES string of the molecule is O=C(CC(NS(=O)(=O)c1ccc(-c2ccc(Cl)cc2)cc1)N1C(=O)c2ccccc2S1(=O)=O)NO. The van der Waals surface area contributed by atoms with Crippen molar-refractivity contribution in [2.45, 2.75) is 22.4 Å². The number of nitrogens with zero attached hydrogens (tertiary/aromatic N) is 1. The van der Waals surface area contributed by atoms with Gasteiger partial charge < -0.3 is 0 Å². The number of hydrogen-bond acceptors (Lipinski definition) is 7. The maximum absolute atomic E-state index is 13.1. The van der Waals surface area contributed by atoms with Crippen molar-refractivity contribution in [3.8, 4) is 11.1 Å². The molecule has 182 valence electrons. The van der Waals surface area contributed by atoms with E-state index in [0.29, 0.717) is 14.9 Å². The first kappa shape index (κ1) is 24.8. The Balaban J connectivity index is 1.67. The first-order chi connectivity index (χ1) is 16.5. The largest absolute Gasteiger partial charge is 0.289 e. The molecule has 0 spiro atoms. The van der Waals surface area contributed by atoms with Crippen molar-refractivity contribution in [2.24, 2.45) is 0 Å². The molecule has 1 aliphatic rings. The number of hydrogen-bond donors (Lipinski definition) is 3. The highest BCUT2D eigenvalue weighted by Gasteiger charge is 2.46. The highest BCUT2D eigenvalue weighted by atomic mass is 35.5. The summed E-state index contributed by atoms with van der Waals surface area (Å²) in [6, 6.07) is 17.9. The van der Waals surface area contributed by atoms with Crippen LogP contribution in [0.4, 0.5) is 0 Å². The minimum Gasteiger partial charge on any atom is -0.289 e. The Labute approximate surface area is 206 Å². The van der Waals surface area contributed by atoms with Gasteiger partial charge in [-0.05, 0) is 47.5 Å². The van der Waals surface area contributed by atoms with Crippen LogP contribution in [0.25, 0.3) is 11.1 Å². The van der Waals surface area contributed by atoms with Crippen LogP contribution >= 0.6 is 11.6 Å². The molecule has 0 aliphatic carbocycles. The Hall–Kier alpha value is -3.29. The number of sulfonamides is 2. The van der Waals surface area contributed by atoms with E-state index in [0.717, 1.165) is 5.56 Å². The number of rotatable bonds is 7. The summed E-state index contributed by atoms with van der Waals surface area (Å²) < 4.78 is 54.6. The van der Waals surface area contributed by atoms with E-state index < -0.39 is 44.4 Å². The van der Waals surface area contributed by atoms with Gasteiger partial charge in [-0.1, -0.05) is 48.0 Å². The first-order valence-corrected chi connectivity index (χ1v) is 13.3. The quantitative estimate of drug-likeness (QED) is 0.310. The van der Waals surface area contributed by atoms with Crippen LogP contribution in [0, 0.1) is 0 Å². The topological polar surface area (TPSA) is 150 Å². The van der Waals surface area contributed by atoms with E-state index in [-0.39, 0.29) is 15.4 Å². The molecule has 3 N–H and O–H groups in total. The third kappa shape index (κ3) is 4.79. The smallest absolute Gasteiger partial charge is 0.270 e. The summed E-state index contributed by atoms with van der Waals surface area (Å²) in [5.41, 5.74) is 2.65. The van der Waals surface area contributed by atoms with Crippen molar-refractivity contribution >= 4 is 43.5 Å². The van der Waals surface area contributed by atoms with Gasteiger partial charge in [0.25, 0.3) is 15.9 Å². The molecular formula is C22H18ClN3O7S2. The third-order valence-electron chi connectivity index (χ3n) is 5.27. The van der Waals surface area contributed by atoms with Gasteiger partial charge in [-0.2, -0.15) is 4.72 Å². The molecule has 13 heteroatoms. The molecule has 0 radical (unpaired) electrons. The fourth-order valence-electron chi connectivity index (χ4n) is 3.62. The predicted molar refractivity (Wildman–Crippen MR) is 125 cm³/mol. The average molecular weight is 536 g/mol. The summed E-state index contributed by atoms with van der Waals surface area (Å²) in [6.45, 7) is 0. The third-order valence-corrected chi connectivity index (χ3v) is 8.85. The van der Waals surface area contributed by atoms with E-state index in [2.05, 4.69) is 4.72 Å². The van der Waals surface area contributed by atoms with Crippen molar-refractivity contribution in [2.75, 3.05) is 0 Å². The molecule has 4 rings (SSSR count). The molecule has 0 bridgehead atoms. The molecule has 10 nitrogen and oxygen atoms in total. The molecule has 1 atom stereocenters. The fourth-order valence-corrected chi connectivity index (χ4v) is 6.67. The monoisotopic (exact) mass is 535 g/mol. The maximum atomic E-state index is 13.1. The zero-order chi connectivity index (χ0) is 25.4. The minimum atomic E-state index is -4.47. The maximum Gasteiger partial charge on any atom is 0.270 e. The molecule has 1 unspecified atom stereocenters. The highest BCUT2D eigenvalue weighted by Crippen LogP contribution is 2.32. The van der Waals surface area contributed by atoms with Crippen molar-refractivity contribution in [1.82, 2.24) is 14.5 Å². The van der Waals surface area contributed by atoms with Gasteiger partial charge >= 0.3 is 0 Å². The van der Waals surface area contributed by atoms with Gasteiger partial charge in [0.15, 0.2) is 0 Å². The highest BCUT2D eigenvalue weighted by molar-refractivity contribution is 7.91. The lowest BCUT2D eigenvalue weighted by Crippen LogP contribution is -2.52. The molecule has 2 amide bonds. The number of nitrogens with one attached hydrogen (secondary N) is 2. The van der Waals surface area contributed by atoms with Crippen LogP contribution in [0.2, 0.25) is 5.02 Å². The lowest BCUT2D eigenvalue weighted by molar-refractivity contribution is -0.130. The molecule has 35 heavy (non-hydrogen) atoms. The average Bonchev–Trinajstić information content (AvgIpc) is 3.04. The molecule has 3 aromatic carbocycles. The lowest BCUT2D eigenvalue weighted by atomic mass is 10.1. The molecular weight excluding hydrogens is 518 g/mol. The van der Waals surface area contributed by atoms with E-state index in [9.17, 15) is 26.4 Å². The summed E-state index contributed by atoms with van der Waals surface area (Å²) in [6.07, 6.45) is -2.70. The van der Waals surface area contributed by atoms with Gasteiger partial charge in [0.05, 0.1) is 16.9 Å². The van der Waals surface area contributed by atoms with Crippen LogP contribution in [0.15, 0.2) is 82.6 Å². The molecule has 0 aromatic heterocycles. The molecule has 0 fully saturated rings. The van der Waals surface area contributed by atoms with Crippen LogP contribution in [-0.4, -0.2) is 44.3 Å².